The van der Waals surface area contributed by atoms with E-state index >= 15 is 0 Å². The Morgan fingerprint density at radius 3 is 2.64 bits per heavy atom. The van der Waals surface area contributed by atoms with Gasteiger partial charge in [-0.1, -0.05) is 6.07 Å². The number of nitrogens with one attached hydrogen (secondary N) is 1. The molecule has 1 aromatic carbocycles. The molecule has 1 amide bonds. The Hall–Kier alpha value is -2.89. The third-order valence-corrected chi connectivity index (χ3v) is 4.10. The number of hydrazone groups is 1. The van der Waals surface area contributed by atoms with Crippen molar-refractivity contribution in [2.45, 2.75) is 19.8 Å². The molecule has 1 aromatic heterocycles. The summed E-state index contributed by atoms with van der Waals surface area (Å²) in [5.41, 5.74) is 4.74. The summed E-state index contributed by atoms with van der Waals surface area (Å²) in [6.45, 7) is 3.70. The summed E-state index contributed by atoms with van der Waals surface area (Å²) < 4.78 is 5.59. The fourth-order valence-electron chi connectivity index (χ4n) is 2.63. The molecule has 0 saturated carbocycles. The maximum Gasteiger partial charge on any atom is 0.260 e. The lowest BCUT2D eigenvalue weighted by atomic mass is 10.1. The summed E-state index contributed by atoms with van der Waals surface area (Å²) in [5, 5.41) is 4.32. The molecule has 6 nitrogen and oxygen atoms in total. The van der Waals surface area contributed by atoms with Gasteiger partial charge in [0.2, 0.25) is 0 Å². The number of likely N-dealkylation sites (tertiary alicyclic amines) is 1. The first kappa shape index (κ1) is 17.0. The minimum Gasteiger partial charge on any atom is -0.484 e. The largest absolute Gasteiger partial charge is 0.484 e. The van der Waals surface area contributed by atoms with Crippen LogP contribution in [0.4, 0.5) is 5.82 Å². The average Bonchev–Trinajstić information content (AvgIpc) is 3.20. The first-order valence-electron chi connectivity index (χ1n) is 8.45. The van der Waals surface area contributed by atoms with E-state index in [9.17, 15) is 4.79 Å². The van der Waals surface area contributed by atoms with Gasteiger partial charge >= 0.3 is 0 Å². The Labute approximate surface area is 147 Å². The lowest BCUT2D eigenvalue weighted by Crippen LogP contribution is -2.32. The highest BCUT2D eigenvalue weighted by Gasteiger charge is 2.17. The lowest BCUT2D eigenvalue weighted by Gasteiger charge is -2.15. The van der Waals surface area contributed by atoms with Gasteiger partial charge in [-0.05, 0) is 61.7 Å². The summed E-state index contributed by atoms with van der Waals surface area (Å²) in [7, 11) is 0. The van der Waals surface area contributed by atoms with Crippen molar-refractivity contribution < 1.29 is 9.53 Å². The standard InChI is InChI=1S/C19H22N4O2/c1-15(21-22-18-6-2-3-11-20-18)16-7-9-17(10-8-16)25-14-19(24)23-12-4-5-13-23/h2-3,6-11H,4-5,12-14H2,1H3,(H,20,22)/b21-15-. The van der Waals surface area contributed by atoms with Crippen LogP contribution in [-0.4, -0.2) is 41.2 Å². The van der Waals surface area contributed by atoms with Gasteiger partial charge in [0.1, 0.15) is 11.6 Å². The van der Waals surface area contributed by atoms with E-state index in [0.29, 0.717) is 11.6 Å². The topological polar surface area (TPSA) is 66.8 Å². The number of pyridine rings is 1. The Morgan fingerprint density at radius 1 is 1.20 bits per heavy atom. The fourth-order valence-corrected chi connectivity index (χ4v) is 2.63. The number of aromatic nitrogens is 1. The normalized spacial score (nSPS) is 14.4. The van der Waals surface area contributed by atoms with Gasteiger partial charge in [0.15, 0.2) is 6.61 Å². The minimum atomic E-state index is 0.0545. The smallest absolute Gasteiger partial charge is 0.260 e. The molecule has 1 fully saturated rings. The molecular formula is C19H22N4O2. The summed E-state index contributed by atoms with van der Waals surface area (Å²) in [6.07, 6.45) is 3.89. The van der Waals surface area contributed by atoms with Gasteiger partial charge in [-0.25, -0.2) is 4.98 Å². The maximum absolute atomic E-state index is 12.0. The van der Waals surface area contributed by atoms with Gasteiger partial charge in [-0.15, -0.1) is 0 Å². The van der Waals surface area contributed by atoms with E-state index in [1.54, 1.807) is 6.20 Å². The van der Waals surface area contributed by atoms with Crippen LogP contribution < -0.4 is 10.2 Å². The Bertz CT molecular complexity index is 723. The molecule has 25 heavy (non-hydrogen) atoms. The number of nitrogens with zero attached hydrogens (tertiary/aromatic N) is 3. The zero-order valence-corrected chi connectivity index (χ0v) is 14.3. The number of benzene rings is 1. The van der Waals surface area contributed by atoms with E-state index in [1.807, 2.05) is 54.3 Å². The van der Waals surface area contributed by atoms with Crippen LogP contribution >= 0.6 is 0 Å². The molecule has 0 unspecified atom stereocenters. The van der Waals surface area contributed by atoms with E-state index in [2.05, 4.69) is 15.5 Å². The Kier molecular flexibility index (Phi) is 5.61. The summed E-state index contributed by atoms with van der Waals surface area (Å²) >= 11 is 0. The van der Waals surface area contributed by atoms with Crippen molar-refractivity contribution in [3.05, 3.63) is 54.2 Å². The SMILES string of the molecule is C/C(=N/Nc1ccccn1)c1ccc(OCC(=O)N2CCCC2)cc1. The van der Waals surface area contributed by atoms with Crippen LogP contribution in [0.5, 0.6) is 5.75 Å². The molecule has 1 saturated heterocycles. The molecule has 6 heteroatoms. The third-order valence-electron chi connectivity index (χ3n) is 4.10. The zero-order chi connectivity index (χ0) is 17.5. The van der Waals surface area contributed by atoms with Crippen LogP contribution in [0, 0.1) is 0 Å². The van der Waals surface area contributed by atoms with Gasteiger partial charge in [-0.3, -0.25) is 10.2 Å². The monoisotopic (exact) mass is 338 g/mol. The molecule has 2 heterocycles. The van der Waals surface area contributed by atoms with Crippen molar-refractivity contribution in [3.63, 3.8) is 0 Å². The van der Waals surface area contributed by atoms with Crippen molar-refractivity contribution in [2.24, 2.45) is 5.10 Å². The number of anilines is 1. The number of carbonyl (C=O) groups is 1. The summed E-state index contributed by atoms with van der Waals surface area (Å²) in [4.78, 5) is 18.0. The molecule has 0 radical (unpaired) electrons. The van der Waals surface area contributed by atoms with Gasteiger partial charge < -0.3 is 9.64 Å². The number of hydrogen-bond donors (Lipinski definition) is 1. The molecule has 1 N–H and O–H groups in total. The van der Waals surface area contributed by atoms with E-state index in [4.69, 9.17) is 4.74 Å². The lowest BCUT2D eigenvalue weighted by molar-refractivity contribution is -0.132. The average molecular weight is 338 g/mol. The highest BCUT2D eigenvalue weighted by molar-refractivity contribution is 5.99. The second-order valence-corrected chi connectivity index (χ2v) is 5.92. The quantitative estimate of drug-likeness (QED) is 0.650. The first-order chi connectivity index (χ1) is 12.2. The van der Waals surface area contributed by atoms with Crippen LogP contribution in [0.15, 0.2) is 53.8 Å². The zero-order valence-electron chi connectivity index (χ0n) is 14.3. The van der Waals surface area contributed by atoms with E-state index in [0.717, 1.165) is 37.2 Å². The van der Waals surface area contributed by atoms with Crippen LogP contribution in [0.1, 0.15) is 25.3 Å². The fraction of sp³-hybridized carbons (Fsp3) is 0.316. The highest BCUT2D eigenvalue weighted by atomic mass is 16.5. The van der Waals surface area contributed by atoms with Gasteiger partial charge in [-0.2, -0.15) is 5.10 Å². The second kappa shape index (κ2) is 8.28. The van der Waals surface area contributed by atoms with Crippen molar-refractivity contribution in [3.8, 4) is 5.75 Å². The molecule has 0 bridgehead atoms. The molecule has 130 valence electrons. The van der Waals surface area contributed by atoms with Crippen molar-refractivity contribution >= 4 is 17.4 Å². The number of carbonyl (C=O) groups excluding carboxylic acids is 1. The van der Waals surface area contributed by atoms with Crippen molar-refractivity contribution in [1.82, 2.24) is 9.88 Å². The molecular weight excluding hydrogens is 316 g/mol. The van der Waals surface area contributed by atoms with Crippen LogP contribution in [0.2, 0.25) is 0 Å². The van der Waals surface area contributed by atoms with E-state index in [-0.39, 0.29) is 12.5 Å². The molecule has 1 aliphatic rings. The molecule has 1 aliphatic heterocycles. The van der Waals surface area contributed by atoms with Crippen LogP contribution in [0.3, 0.4) is 0 Å². The predicted octanol–water partition coefficient (Wildman–Crippen LogP) is 2.92. The second-order valence-electron chi connectivity index (χ2n) is 5.92. The first-order valence-corrected chi connectivity index (χ1v) is 8.45. The molecule has 0 atom stereocenters. The predicted molar refractivity (Wildman–Crippen MR) is 97.8 cm³/mol. The molecule has 3 rings (SSSR count). The third kappa shape index (κ3) is 4.79. The molecule has 2 aromatic rings. The van der Waals surface area contributed by atoms with Crippen LogP contribution in [0.25, 0.3) is 0 Å². The van der Waals surface area contributed by atoms with Crippen LogP contribution in [-0.2, 0) is 4.79 Å². The van der Waals surface area contributed by atoms with Gasteiger partial charge in [0.05, 0.1) is 5.71 Å². The molecule has 0 aliphatic carbocycles. The minimum absolute atomic E-state index is 0.0545. The number of ether oxygens (including phenoxy) is 1. The number of hydrogen-bond acceptors (Lipinski definition) is 5. The van der Waals surface area contributed by atoms with Gasteiger partial charge in [0, 0.05) is 19.3 Å². The van der Waals surface area contributed by atoms with Crippen molar-refractivity contribution in [1.29, 1.82) is 0 Å². The number of amides is 1. The van der Waals surface area contributed by atoms with E-state index < -0.39 is 0 Å². The van der Waals surface area contributed by atoms with E-state index in [1.165, 1.54) is 0 Å². The van der Waals surface area contributed by atoms with Crippen molar-refractivity contribution in [2.75, 3.05) is 25.1 Å². The maximum atomic E-state index is 12.0. The number of rotatable bonds is 6. The Morgan fingerprint density at radius 2 is 1.96 bits per heavy atom. The summed E-state index contributed by atoms with van der Waals surface area (Å²) in [5.74, 6) is 1.43. The summed E-state index contributed by atoms with van der Waals surface area (Å²) in [6, 6.07) is 13.2. The highest BCUT2D eigenvalue weighted by Crippen LogP contribution is 2.14. The Balaban J connectivity index is 1.53. The van der Waals surface area contributed by atoms with Gasteiger partial charge in [0.25, 0.3) is 5.91 Å². The molecule has 0 spiro atoms.